The van der Waals surface area contributed by atoms with E-state index in [0.29, 0.717) is 5.76 Å². The van der Waals surface area contributed by atoms with E-state index >= 15 is 0 Å². The molecule has 0 atom stereocenters. The van der Waals surface area contributed by atoms with Crippen molar-refractivity contribution >= 4 is 0 Å². The lowest BCUT2D eigenvalue weighted by Gasteiger charge is -2.10. The average Bonchev–Trinajstić information content (AvgIpc) is 2.77. The Labute approximate surface area is 101 Å². The van der Waals surface area contributed by atoms with Crippen LogP contribution < -0.4 is 4.74 Å². The Bertz CT molecular complexity index is 521. The lowest BCUT2D eigenvalue weighted by atomic mass is 10.2. The van der Waals surface area contributed by atoms with Crippen LogP contribution in [0.1, 0.15) is 17.0 Å². The summed E-state index contributed by atoms with van der Waals surface area (Å²) >= 11 is 0. The van der Waals surface area contributed by atoms with Crippen molar-refractivity contribution in [3.05, 3.63) is 47.5 Å². The van der Waals surface area contributed by atoms with Gasteiger partial charge in [-0.25, -0.2) is 4.98 Å². The van der Waals surface area contributed by atoms with Gasteiger partial charge in [-0.2, -0.15) is 13.2 Å². The number of furan rings is 1. The van der Waals surface area contributed by atoms with E-state index in [9.17, 15) is 13.2 Å². The quantitative estimate of drug-likeness (QED) is 0.843. The molecule has 0 unspecified atom stereocenters. The van der Waals surface area contributed by atoms with Crippen molar-refractivity contribution < 1.29 is 22.3 Å². The maximum atomic E-state index is 12.6. The molecule has 0 amide bonds. The first-order valence-corrected chi connectivity index (χ1v) is 5.16. The van der Waals surface area contributed by atoms with Gasteiger partial charge < -0.3 is 9.15 Å². The Hall–Kier alpha value is -1.98. The molecule has 2 aromatic heterocycles. The third kappa shape index (κ3) is 3.03. The summed E-state index contributed by atoms with van der Waals surface area (Å²) in [5.41, 5.74) is -0.524. The molecule has 0 aliphatic heterocycles. The Kier molecular flexibility index (Phi) is 3.27. The van der Waals surface area contributed by atoms with Crippen molar-refractivity contribution in [2.75, 3.05) is 0 Å². The molecule has 0 saturated heterocycles. The first kappa shape index (κ1) is 12.5. The molecule has 6 heteroatoms. The van der Waals surface area contributed by atoms with Gasteiger partial charge in [0.05, 0.1) is 11.8 Å². The number of aryl methyl sites for hydroxylation is 1. The number of alkyl halides is 3. The van der Waals surface area contributed by atoms with E-state index in [0.717, 1.165) is 12.1 Å². The van der Waals surface area contributed by atoms with E-state index in [1.807, 2.05) is 0 Å². The molecule has 2 aromatic rings. The zero-order valence-electron chi connectivity index (χ0n) is 9.49. The van der Waals surface area contributed by atoms with Crippen molar-refractivity contribution in [3.8, 4) is 5.88 Å². The third-order valence-corrected chi connectivity index (χ3v) is 2.20. The van der Waals surface area contributed by atoms with Gasteiger partial charge in [-0.15, -0.1) is 0 Å². The summed E-state index contributed by atoms with van der Waals surface area (Å²) in [5, 5.41) is 0. The van der Waals surface area contributed by atoms with Crippen LogP contribution in [0.4, 0.5) is 13.2 Å². The maximum Gasteiger partial charge on any atom is 0.416 e. The summed E-state index contributed by atoms with van der Waals surface area (Å²) in [4.78, 5) is 3.88. The maximum absolute atomic E-state index is 12.6. The van der Waals surface area contributed by atoms with Crippen LogP contribution in [0, 0.1) is 6.92 Å². The Morgan fingerprint density at radius 2 is 2.11 bits per heavy atom. The summed E-state index contributed by atoms with van der Waals surface area (Å²) < 4.78 is 47.8. The second kappa shape index (κ2) is 4.72. The van der Waals surface area contributed by atoms with E-state index in [-0.39, 0.29) is 18.2 Å². The molecule has 0 aliphatic rings. The van der Waals surface area contributed by atoms with Crippen LogP contribution in [0.5, 0.6) is 5.88 Å². The van der Waals surface area contributed by atoms with Crippen LogP contribution in [0.25, 0.3) is 0 Å². The smallest absolute Gasteiger partial charge is 0.416 e. The van der Waals surface area contributed by atoms with Crippen LogP contribution in [0.15, 0.2) is 34.9 Å². The van der Waals surface area contributed by atoms with Crippen molar-refractivity contribution in [1.82, 2.24) is 4.98 Å². The molecule has 2 heterocycles. The zero-order valence-corrected chi connectivity index (χ0v) is 9.49. The van der Waals surface area contributed by atoms with Gasteiger partial charge in [0, 0.05) is 11.8 Å². The Morgan fingerprint density at radius 1 is 1.33 bits per heavy atom. The van der Waals surface area contributed by atoms with Gasteiger partial charge in [0.25, 0.3) is 0 Å². The van der Waals surface area contributed by atoms with Gasteiger partial charge in [-0.05, 0) is 25.1 Å². The molecule has 0 radical (unpaired) electrons. The van der Waals surface area contributed by atoms with Crippen molar-refractivity contribution in [3.63, 3.8) is 0 Å². The van der Waals surface area contributed by atoms with Crippen molar-refractivity contribution in [2.24, 2.45) is 0 Å². The Balaban J connectivity index is 2.15. The van der Waals surface area contributed by atoms with Gasteiger partial charge in [-0.1, -0.05) is 0 Å². The van der Waals surface area contributed by atoms with Gasteiger partial charge in [0.1, 0.15) is 12.4 Å². The van der Waals surface area contributed by atoms with E-state index < -0.39 is 11.7 Å². The second-order valence-corrected chi connectivity index (χ2v) is 3.70. The zero-order chi connectivity index (χ0) is 13.2. The molecule has 2 rings (SSSR count). The molecule has 0 N–H and O–H groups in total. The predicted octanol–water partition coefficient (Wildman–Crippen LogP) is 3.58. The minimum absolute atomic E-state index is 0.0424. The minimum Gasteiger partial charge on any atom is -0.469 e. The Morgan fingerprint density at radius 3 is 2.72 bits per heavy atom. The second-order valence-electron chi connectivity index (χ2n) is 3.70. The SMILES string of the molecule is Cc1cc(C(F)(F)F)cc(OCc2ccco2)n1. The lowest BCUT2D eigenvalue weighted by molar-refractivity contribution is -0.137. The van der Waals surface area contributed by atoms with Crippen LogP contribution in [-0.2, 0) is 12.8 Å². The fraction of sp³-hybridized carbons (Fsp3) is 0.250. The molecule has 3 nitrogen and oxygen atoms in total. The van der Waals surface area contributed by atoms with Crippen LogP contribution in [0.2, 0.25) is 0 Å². The fourth-order valence-corrected chi connectivity index (χ4v) is 1.42. The first-order chi connectivity index (χ1) is 8.45. The van der Waals surface area contributed by atoms with Crippen LogP contribution in [-0.4, -0.2) is 4.98 Å². The standard InChI is InChI=1S/C12H10F3NO2/c1-8-5-9(12(13,14)15)6-11(16-8)18-7-10-3-2-4-17-10/h2-6H,7H2,1H3. The minimum atomic E-state index is -4.41. The van der Waals surface area contributed by atoms with Crippen LogP contribution >= 0.6 is 0 Å². The summed E-state index contributed by atoms with van der Waals surface area (Å²) in [6, 6.07) is 5.18. The van der Waals surface area contributed by atoms with E-state index in [2.05, 4.69) is 4.98 Å². The van der Waals surface area contributed by atoms with Gasteiger partial charge in [0.15, 0.2) is 0 Å². The van der Waals surface area contributed by atoms with E-state index in [1.165, 1.54) is 13.2 Å². The largest absolute Gasteiger partial charge is 0.469 e. The highest BCUT2D eigenvalue weighted by molar-refractivity contribution is 5.27. The molecular formula is C12H10F3NO2. The number of nitrogens with zero attached hydrogens (tertiary/aromatic N) is 1. The number of aromatic nitrogens is 1. The van der Waals surface area contributed by atoms with E-state index in [4.69, 9.17) is 9.15 Å². The molecule has 0 saturated carbocycles. The van der Waals surface area contributed by atoms with Crippen molar-refractivity contribution in [2.45, 2.75) is 19.7 Å². The molecule has 0 fully saturated rings. The van der Waals surface area contributed by atoms with Gasteiger partial charge in [0.2, 0.25) is 5.88 Å². The summed E-state index contributed by atoms with van der Waals surface area (Å²) in [7, 11) is 0. The van der Waals surface area contributed by atoms with Gasteiger partial charge >= 0.3 is 6.18 Å². The number of hydrogen-bond acceptors (Lipinski definition) is 3. The number of hydrogen-bond donors (Lipinski definition) is 0. The highest BCUT2D eigenvalue weighted by atomic mass is 19.4. The predicted molar refractivity (Wildman–Crippen MR) is 57.0 cm³/mol. The van der Waals surface area contributed by atoms with Crippen molar-refractivity contribution in [1.29, 1.82) is 0 Å². The topological polar surface area (TPSA) is 35.3 Å². The molecule has 0 spiro atoms. The number of pyridine rings is 1. The summed E-state index contributed by atoms with van der Waals surface area (Å²) in [6.07, 6.45) is -2.94. The average molecular weight is 257 g/mol. The summed E-state index contributed by atoms with van der Waals surface area (Å²) in [6.45, 7) is 1.52. The summed E-state index contributed by atoms with van der Waals surface area (Å²) in [5.74, 6) is 0.450. The molecule has 0 aromatic carbocycles. The number of ether oxygens (including phenoxy) is 1. The normalized spacial score (nSPS) is 11.6. The van der Waals surface area contributed by atoms with E-state index in [1.54, 1.807) is 12.1 Å². The number of halogens is 3. The molecule has 96 valence electrons. The molecule has 0 bridgehead atoms. The highest BCUT2D eigenvalue weighted by Crippen LogP contribution is 2.31. The third-order valence-electron chi connectivity index (χ3n) is 2.20. The number of rotatable bonds is 3. The molecular weight excluding hydrogens is 247 g/mol. The lowest BCUT2D eigenvalue weighted by Crippen LogP contribution is -2.07. The highest BCUT2D eigenvalue weighted by Gasteiger charge is 2.31. The first-order valence-electron chi connectivity index (χ1n) is 5.16. The van der Waals surface area contributed by atoms with Gasteiger partial charge in [-0.3, -0.25) is 0 Å². The molecule has 18 heavy (non-hydrogen) atoms. The fourth-order valence-electron chi connectivity index (χ4n) is 1.42. The van der Waals surface area contributed by atoms with Crippen LogP contribution in [0.3, 0.4) is 0 Å². The monoisotopic (exact) mass is 257 g/mol. The molecule has 0 aliphatic carbocycles.